The topological polar surface area (TPSA) is 64.6 Å². The van der Waals surface area contributed by atoms with E-state index in [1.807, 2.05) is 97.9 Å². The Bertz CT molecular complexity index is 935. The molecule has 5 nitrogen and oxygen atoms in total. The number of nitrogens with one attached hydrogen (secondary N) is 1. The number of ether oxygens (including phenoxy) is 2. The highest BCUT2D eigenvalue weighted by Crippen LogP contribution is 2.35. The molecule has 0 aromatic heterocycles. The van der Waals surface area contributed by atoms with Gasteiger partial charge in [-0.2, -0.15) is 0 Å². The van der Waals surface area contributed by atoms with Gasteiger partial charge in [0, 0.05) is 13.2 Å². The lowest BCUT2D eigenvalue weighted by Crippen LogP contribution is -2.45. The highest BCUT2D eigenvalue weighted by Gasteiger charge is 2.45. The molecule has 0 heterocycles. The molecule has 1 atom stereocenters. The van der Waals surface area contributed by atoms with Crippen LogP contribution >= 0.6 is 0 Å². The van der Waals surface area contributed by atoms with Gasteiger partial charge in [-0.15, -0.1) is 0 Å². The second-order valence-electron chi connectivity index (χ2n) is 7.10. The number of rotatable bonds is 9. The van der Waals surface area contributed by atoms with E-state index in [-0.39, 0.29) is 12.5 Å². The van der Waals surface area contributed by atoms with Crippen molar-refractivity contribution in [1.29, 1.82) is 0 Å². The summed E-state index contributed by atoms with van der Waals surface area (Å²) < 4.78 is 11.7. The Morgan fingerprint density at radius 2 is 1.32 bits per heavy atom. The predicted octanol–water partition coefficient (Wildman–Crippen LogP) is 4.21. The zero-order chi connectivity index (χ0) is 22.1. The third kappa shape index (κ3) is 5.19. The van der Waals surface area contributed by atoms with Gasteiger partial charge < -0.3 is 14.8 Å². The van der Waals surface area contributed by atoms with E-state index >= 15 is 0 Å². The molecule has 3 aromatic rings. The van der Waals surface area contributed by atoms with Crippen LogP contribution < -0.4 is 5.32 Å². The number of hydrogen-bond donors (Lipinski definition) is 1. The molecule has 0 radical (unpaired) electrons. The van der Waals surface area contributed by atoms with Crippen LogP contribution in [0.1, 0.15) is 30.5 Å². The molecule has 0 unspecified atom stereocenters. The third-order valence-electron chi connectivity index (χ3n) is 4.97. The Balaban J connectivity index is 1.83. The molecule has 0 bridgehead atoms. The van der Waals surface area contributed by atoms with Gasteiger partial charge in [-0.3, -0.25) is 4.79 Å². The van der Waals surface area contributed by atoms with Crippen molar-refractivity contribution < 1.29 is 19.1 Å². The van der Waals surface area contributed by atoms with Gasteiger partial charge in [0.15, 0.2) is 6.10 Å². The summed E-state index contributed by atoms with van der Waals surface area (Å²) in [6.07, 6.45) is -0.983. The first-order chi connectivity index (χ1) is 15.1. The maximum Gasteiger partial charge on any atom is 0.348 e. The average molecular weight is 418 g/mol. The second kappa shape index (κ2) is 10.5. The maximum atomic E-state index is 13.5. The van der Waals surface area contributed by atoms with Crippen LogP contribution in [0.4, 0.5) is 0 Å². The lowest BCUT2D eigenvalue weighted by Gasteiger charge is -2.33. The molecule has 0 aliphatic heterocycles. The zero-order valence-electron chi connectivity index (χ0n) is 17.8. The van der Waals surface area contributed by atoms with Crippen molar-refractivity contribution in [3.8, 4) is 0 Å². The quantitative estimate of drug-likeness (QED) is 0.530. The number of carbonyl (C=O) groups is 2. The minimum Gasteiger partial charge on any atom is -0.450 e. The van der Waals surface area contributed by atoms with Gasteiger partial charge in [-0.1, -0.05) is 91.0 Å². The summed E-state index contributed by atoms with van der Waals surface area (Å²) in [7, 11) is 0. The highest BCUT2D eigenvalue weighted by atomic mass is 16.6. The Kier molecular flexibility index (Phi) is 7.57. The number of hydrogen-bond acceptors (Lipinski definition) is 4. The Hall–Kier alpha value is -3.44. The molecular formula is C26H27NO4. The molecule has 31 heavy (non-hydrogen) atoms. The molecular weight excluding hydrogens is 390 g/mol. The summed E-state index contributed by atoms with van der Waals surface area (Å²) in [6, 6.07) is 28.0. The van der Waals surface area contributed by atoms with Crippen molar-refractivity contribution in [2.45, 2.75) is 32.1 Å². The van der Waals surface area contributed by atoms with E-state index < -0.39 is 17.7 Å². The fraction of sp³-hybridized carbons (Fsp3) is 0.231. The highest BCUT2D eigenvalue weighted by molar-refractivity contribution is 5.89. The van der Waals surface area contributed by atoms with Gasteiger partial charge in [0.25, 0.3) is 5.91 Å². The molecule has 1 amide bonds. The van der Waals surface area contributed by atoms with Crippen molar-refractivity contribution in [3.63, 3.8) is 0 Å². The Morgan fingerprint density at radius 3 is 1.81 bits per heavy atom. The number of amides is 1. The molecule has 0 aliphatic rings. The van der Waals surface area contributed by atoms with Crippen molar-refractivity contribution in [1.82, 2.24) is 5.32 Å². The second-order valence-corrected chi connectivity index (χ2v) is 7.10. The van der Waals surface area contributed by atoms with Crippen LogP contribution in [-0.2, 0) is 31.2 Å². The molecule has 0 aliphatic carbocycles. The van der Waals surface area contributed by atoms with Gasteiger partial charge in [0.2, 0.25) is 5.60 Å². The monoisotopic (exact) mass is 417 g/mol. The van der Waals surface area contributed by atoms with Gasteiger partial charge >= 0.3 is 5.97 Å². The zero-order valence-corrected chi connectivity index (χ0v) is 17.8. The molecule has 1 N–H and O–H groups in total. The summed E-state index contributed by atoms with van der Waals surface area (Å²) in [5, 5.41) is 2.81. The van der Waals surface area contributed by atoms with Crippen molar-refractivity contribution in [2.75, 3.05) is 6.61 Å². The summed E-state index contributed by atoms with van der Waals surface area (Å²) in [4.78, 5) is 26.1. The van der Waals surface area contributed by atoms with E-state index in [1.165, 1.54) is 0 Å². The van der Waals surface area contributed by atoms with E-state index in [2.05, 4.69) is 5.32 Å². The lowest BCUT2D eigenvalue weighted by molar-refractivity contribution is -0.175. The summed E-state index contributed by atoms with van der Waals surface area (Å²) in [6.45, 7) is 4.03. The van der Waals surface area contributed by atoms with Gasteiger partial charge in [-0.25, -0.2) is 4.79 Å². The van der Waals surface area contributed by atoms with Gasteiger partial charge in [0.1, 0.15) is 0 Å². The first kappa shape index (κ1) is 22.2. The summed E-state index contributed by atoms with van der Waals surface area (Å²) >= 11 is 0. The third-order valence-corrected chi connectivity index (χ3v) is 4.97. The van der Waals surface area contributed by atoms with E-state index in [1.54, 1.807) is 6.92 Å². The van der Waals surface area contributed by atoms with E-state index in [4.69, 9.17) is 9.47 Å². The summed E-state index contributed by atoms with van der Waals surface area (Å²) in [5.74, 6) is -1.00. The van der Waals surface area contributed by atoms with Crippen LogP contribution in [0.25, 0.3) is 0 Å². The largest absolute Gasteiger partial charge is 0.450 e. The molecule has 3 rings (SSSR count). The van der Waals surface area contributed by atoms with Crippen molar-refractivity contribution >= 4 is 11.9 Å². The van der Waals surface area contributed by atoms with Gasteiger partial charge in [0.05, 0.1) is 0 Å². The van der Waals surface area contributed by atoms with E-state index in [9.17, 15) is 9.59 Å². The summed E-state index contributed by atoms with van der Waals surface area (Å²) in [5.41, 5.74) is 0.784. The normalized spacial score (nSPS) is 12.1. The molecule has 3 aromatic carbocycles. The van der Waals surface area contributed by atoms with Crippen LogP contribution in [0, 0.1) is 0 Å². The van der Waals surface area contributed by atoms with Gasteiger partial charge in [-0.05, 0) is 30.5 Å². The molecule has 5 heteroatoms. The molecule has 0 fully saturated rings. The first-order valence-electron chi connectivity index (χ1n) is 10.4. The Morgan fingerprint density at radius 1 is 0.839 bits per heavy atom. The van der Waals surface area contributed by atoms with Crippen molar-refractivity contribution in [2.24, 2.45) is 0 Å². The number of carbonyl (C=O) groups excluding carboxylic acids is 2. The first-order valence-corrected chi connectivity index (χ1v) is 10.4. The molecule has 0 saturated carbocycles. The van der Waals surface area contributed by atoms with Crippen LogP contribution in [-0.4, -0.2) is 24.6 Å². The van der Waals surface area contributed by atoms with Crippen molar-refractivity contribution in [3.05, 3.63) is 108 Å². The lowest BCUT2D eigenvalue weighted by atomic mass is 9.86. The molecule has 0 spiro atoms. The maximum absolute atomic E-state index is 13.5. The Labute approximate surface area is 183 Å². The fourth-order valence-corrected chi connectivity index (χ4v) is 3.42. The van der Waals surface area contributed by atoms with Crippen LogP contribution in [0.3, 0.4) is 0 Å². The molecule has 0 saturated heterocycles. The molecule has 160 valence electrons. The standard InChI is InChI=1S/C26H27NO4/c1-3-30-26(22-15-9-5-10-16-22,23-17-11-6-12-18-23)25(29)31-20(2)24(28)27-19-21-13-7-4-8-14-21/h4-18,20H,3,19H2,1-2H3,(H,27,28)/t20-/m1/s1. The van der Waals surface area contributed by atoms with E-state index in [0.717, 1.165) is 5.56 Å². The van der Waals surface area contributed by atoms with E-state index in [0.29, 0.717) is 17.7 Å². The SMILES string of the molecule is CCOC(C(=O)O[C@H](C)C(=O)NCc1ccccc1)(c1ccccc1)c1ccccc1. The number of benzene rings is 3. The minimum atomic E-state index is -1.47. The number of esters is 1. The minimum absolute atomic E-state index is 0.285. The van der Waals surface area contributed by atoms with Crippen LogP contribution in [0.5, 0.6) is 0 Å². The van der Waals surface area contributed by atoms with Crippen LogP contribution in [0.15, 0.2) is 91.0 Å². The van der Waals surface area contributed by atoms with Crippen LogP contribution in [0.2, 0.25) is 0 Å². The smallest absolute Gasteiger partial charge is 0.348 e. The average Bonchev–Trinajstić information content (AvgIpc) is 2.82. The fourth-order valence-electron chi connectivity index (χ4n) is 3.42. The predicted molar refractivity (Wildman–Crippen MR) is 119 cm³/mol.